The summed E-state index contributed by atoms with van der Waals surface area (Å²) in [5, 5.41) is 8.86. The zero-order chi connectivity index (χ0) is 15.9. The Morgan fingerprint density at radius 2 is 1.95 bits per heavy atom. The summed E-state index contributed by atoms with van der Waals surface area (Å²) in [7, 11) is -3.15. The van der Waals surface area contributed by atoms with Gasteiger partial charge in [0.1, 0.15) is 16.6 Å². The highest BCUT2D eigenvalue weighted by atomic mass is 32.2. The standard InChI is InChI=1S/C10H13F3N2O4S/c1-5-8(4-7(9(16)17)15(5)3)20(18,19)14-6(2)10(11,12)13/h4,6,14H,1-3H3,(H,16,17). The second-order valence-electron chi connectivity index (χ2n) is 4.23. The van der Waals surface area contributed by atoms with E-state index in [4.69, 9.17) is 5.11 Å². The fourth-order valence-corrected chi connectivity index (χ4v) is 3.03. The number of aromatic nitrogens is 1. The highest BCUT2D eigenvalue weighted by Crippen LogP contribution is 2.24. The Labute approximate surface area is 113 Å². The minimum absolute atomic E-state index is 0.0317. The van der Waals surface area contributed by atoms with Crippen LogP contribution in [0.25, 0.3) is 0 Å². The van der Waals surface area contributed by atoms with Crippen LogP contribution in [0.5, 0.6) is 0 Å². The molecule has 0 radical (unpaired) electrons. The Morgan fingerprint density at radius 3 is 2.30 bits per heavy atom. The van der Waals surface area contributed by atoms with Crippen LogP contribution in [0.3, 0.4) is 0 Å². The summed E-state index contributed by atoms with van der Waals surface area (Å²) in [6.07, 6.45) is -4.73. The predicted octanol–water partition coefficient (Wildman–Crippen LogP) is 1.26. The van der Waals surface area contributed by atoms with Gasteiger partial charge in [0.25, 0.3) is 0 Å². The largest absolute Gasteiger partial charge is 0.477 e. The van der Waals surface area contributed by atoms with Crippen LogP contribution < -0.4 is 4.72 Å². The molecule has 1 aromatic heterocycles. The average molecular weight is 314 g/mol. The van der Waals surface area contributed by atoms with Crippen LogP contribution >= 0.6 is 0 Å². The van der Waals surface area contributed by atoms with E-state index in [0.29, 0.717) is 6.92 Å². The highest BCUT2D eigenvalue weighted by Gasteiger charge is 2.39. The molecule has 2 N–H and O–H groups in total. The molecule has 1 unspecified atom stereocenters. The van der Waals surface area contributed by atoms with Crippen molar-refractivity contribution in [3.05, 3.63) is 17.5 Å². The van der Waals surface area contributed by atoms with Crippen molar-refractivity contribution in [3.63, 3.8) is 0 Å². The fourth-order valence-electron chi connectivity index (χ4n) is 1.51. The van der Waals surface area contributed by atoms with E-state index in [2.05, 4.69) is 0 Å². The zero-order valence-electron chi connectivity index (χ0n) is 10.8. The third kappa shape index (κ3) is 3.12. The van der Waals surface area contributed by atoms with Crippen LogP contribution in [0, 0.1) is 6.92 Å². The molecule has 0 bridgehead atoms. The molecule has 0 saturated carbocycles. The van der Waals surface area contributed by atoms with Crippen molar-refractivity contribution in [1.29, 1.82) is 0 Å². The fraction of sp³-hybridized carbons (Fsp3) is 0.500. The summed E-state index contributed by atoms with van der Waals surface area (Å²) in [4.78, 5) is 10.4. The number of halogens is 3. The van der Waals surface area contributed by atoms with Gasteiger partial charge in [-0.05, 0) is 19.9 Å². The summed E-state index contributed by atoms with van der Waals surface area (Å²) in [6.45, 7) is 1.97. The minimum atomic E-state index is -4.73. The van der Waals surface area contributed by atoms with E-state index < -0.39 is 33.1 Å². The number of nitrogens with one attached hydrogen (secondary N) is 1. The molecule has 0 aliphatic heterocycles. The first-order valence-corrected chi connectivity index (χ1v) is 6.85. The van der Waals surface area contributed by atoms with Gasteiger partial charge in [0.05, 0.1) is 0 Å². The number of carboxylic acid groups (broad SMARTS) is 1. The number of rotatable bonds is 4. The lowest BCUT2D eigenvalue weighted by atomic mass is 10.4. The van der Waals surface area contributed by atoms with Gasteiger partial charge in [-0.3, -0.25) is 0 Å². The molecule has 114 valence electrons. The molecule has 20 heavy (non-hydrogen) atoms. The molecule has 1 aromatic rings. The summed E-state index contributed by atoms with van der Waals surface area (Å²) in [5.41, 5.74) is -0.299. The summed E-state index contributed by atoms with van der Waals surface area (Å²) < 4.78 is 63.5. The highest BCUT2D eigenvalue weighted by molar-refractivity contribution is 7.89. The molecule has 0 aromatic carbocycles. The summed E-state index contributed by atoms with van der Waals surface area (Å²) in [6, 6.07) is -1.45. The van der Waals surface area contributed by atoms with Crippen LogP contribution in [0.1, 0.15) is 23.1 Å². The van der Waals surface area contributed by atoms with Gasteiger partial charge in [0, 0.05) is 12.7 Å². The van der Waals surface area contributed by atoms with E-state index in [9.17, 15) is 26.4 Å². The van der Waals surface area contributed by atoms with Crippen LogP contribution in [-0.4, -0.2) is 36.3 Å². The molecular weight excluding hydrogens is 301 g/mol. The topological polar surface area (TPSA) is 88.4 Å². The first kappa shape index (κ1) is 16.5. The summed E-state index contributed by atoms with van der Waals surface area (Å²) >= 11 is 0. The van der Waals surface area contributed by atoms with Crippen LogP contribution in [0.2, 0.25) is 0 Å². The number of hydrogen-bond donors (Lipinski definition) is 2. The lowest BCUT2D eigenvalue weighted by molar-refractivity contribution is -0.147. The Bertz CT molecular complexity index is 634. The number of carboxylic acids is 1. The van der Waals surface area contributed by atoms with Gasteiger partial charge in [-0.1, -0.05) is 0 Å². The smallest absolute Gasteiger partial charge is 0.404 e. The number of carbonyl (C=O) groups is 1. The molecule has 1 heterocycles. The van der Waals surface area contributed by atoms with Crippen molar-refractivity contribution in [2.24, 2.45) is 7.05 Å². The molecule has 0 aliphatic carbocycles. The number of hydrogen-bond acceptors (Lipinski definition) is 3. The van der Waals surface area contributed by atoms with Gasteiger partial charge in [-0.15, -0.1) is 0 Å². The molecule has 0 spiro atoms. The number of sulfonamides is 1. The Morgan fingerprint density at radius 1 is 1.45 bits per heavy atom. The van der Waals surface area contributed by atoms with Crippen LogP contribution in [-0.2, 0) is 17.1 Å². The van der Waals surface area contributed by atoms with E-state index in [-0.39, 0.29) is 11.4 Å². The maximum absolute atomic E-state index is 12.4. The van der Waals surface area contributed by atoms with Gasteiger partial charge in [0.2, 0.25) is 10.0 Å². The zero-order valence-corrected chi connectivity index (χ0v) is 11.6. The van der Waals surface area contributed by atoms with Crippen molar-refractivity contribution in [2.75, 3.05) is 0 Å². The molecule has 0 aliphatic rings. The SMILES string of the molecule is Cc1c(S(=O)(=O)NC(C)C(F)(F)F)cc(C(=O)O)n1C. The number of aromatic carboxylic acids is 1. The maximum atomic E-state index is 12.4. The first-order valence-electron chi connectivity index (χ1n) is 5.36. The van der Waals surface area contributed by atoms with Crippen molar-refractivity contribution < 1.29 is 31.5 Å². The quantitative estimate of drug-likeness (QED) is 0.876. The van der Waals surface area contributed by atoms with Gasteiger partial charge >= 0.3 is 12.1 Å². The van der Waals surface area contributed by atoms with E-state index >= 15 is 0 Å². The van der Waals surface area contributed by atoms with Crippen molar-refractivity contribution in [1.82, 2.24) is 9.29 Å². The number of alkyl halides is 3. The maximum Gasteiger partial charge on any atom is 0.404 e. The monoisotopic (exact) mass is 314 g/mol. The molecule has 6 nitrogen and oxygen atoms in total. The Balaban J connectivity index is 3.24. The second-order valence-corrected chi connectivity index (χ2v) is 5.91. The van der Waals surface area contributed by atoms with Gasteiger partial charge in [-0.2, -0.15) is 17.9 Å². The third-order valence-electron chi connectivity index (χ3n) is 2.82. The minimum Gasteiger partial charge on any atom is -0.477 e. The van der Waals surface area contributed by atoms with E-state index in [0.717, 1.165) is 10.6 Å². The van der Waals surface area contributed by atoms with E-state index in [1.807, 2.05) is 0 Å². The molecule has 1 rings (SSSR count). The van der Waals surface area contributed by atoms with Gasteiger partial charge in [0.15, 0.2) is 0 Å². The van der Waals surface area contributed by atoms with Gasteiger partial charge in [-0.25, -0.2) is 13.2 Å². The normalized spacial score (nSPS) is 14.3. The molecule has 0 amide bonds. The lowest BCUT2D eigenvalue weighted by Gasteiger charge is -2.17. The van der Waals surface area contributed by atoms with Crippen molar-refractivity contribution in [2.45, 2.75) is 31.0 Å². The van der Waals surface area contributed by atoms with Crippen molar-refractivity contribution >= 4 is 16.0 Å². The Hall–Kier alpha value is -1.55. The first-order chi connectivity index (χ1) is 8.88. The molecule has 1 atom stereocenters. The third-order valence-corrected chi connectivity index (χ3v) is 4.48. The average Bonchev–Trinajstić information content (AvgIpc) is 2.54. The molecule has 0 fully saturated rings. The van der Waals surface area contributed by atoms with Crippen molar-refractivity contribution in [3.8, 4) is 0 Å². The van der Waals surface area contributed by atoms with E-state index in [1.54, 1.807) is 0 Å². The van der Waals surface area contributed by atoms with Crippen LogP contribution in [0.4, 0.5) is 13.2 Å². The molecule has 0 saturated heterocycles. The molecular formula is C10H13F3N2O4S. The number of nitrogens with zero attached hydrogens (tertiary/aromatic N) is 1. The molecule has 10 heteroatoms. The van der Waals surface area contributed by atoms with E-state index in [1.165, 1.54) is 18.7 Å². The second kappa shape index (κ2) is 5.09. The predicted molar refractivity (Wildman–Crippen MR) is 62.9 cm³/mol. The van der Waals surface area contributed by atoms with Crippen LogP contribution in [0.15, 0.2) is 11.0 Å². The summed E-state index contributed by atoms with van der Waals surface area (Å²) in [5.74, 6) is -1.37. The lowest BCUT2D eigenvalue weighted by Crippen LogP contribution is -2.43. The van der Waals surface area contributed by atoms with Gasteiger partial charge < -0.3 is 9.67 Å². The Kier molecular flexibility index (Phi) is 4.20.